The number of nitro benzene ring substituents is 1. The monoisotopic (exact) mass is 421 g/mol. The Balaban J connectivity index is 1.68. The molecule has 1 aliphatic carbocycles. The minimum Gasteiger partial charge on any atom is -0.343 e. The lowest BCUT2D eigenvalue weighted by atomic mass is 9.76. The molecular weight excluding hydrogens is 398 g/mol. The minimum atomic E-state index is -0.675. The topological polar surface area (TPSA) is 121 Å². The number of nitrogens with zero attached hydrogens (tertiary/aromatic N) is 3. The third-order valence-corrected chi connectivity index (χ3v) is 6.32. The highest BCUT2D eigenvalue weighted by Crippen LogP contribution is 2.44. The molecule has 5 rings (SSSR count). The van der Waals surface area contributed by atoms with Crippen LogP contribution in [0.4, 0.5) is 17.5 Å². The SMILES string of the molecule is O=C1CCCC2=C1[C@@H](c1cccc([N+](=O)[O-])c1)c1c(nc(N3CCCCC3)[nH]c1=O)N2. The zero-order valence-corrected chi connectivity index (χ0v) is 17.0. The van der Waals surface area contributed by atoms with Crippen molar-refractivity contribution in [1.82, 2.24) is 9.97 Å². The second-order valence-corrected chi connectivity index (χ2v) is 8.28. The maximum Gasteiger partial charge on any atom is 0.269 e. The highest BCUT2D eigenvalue weighted by molar-refractivity contribution is 6.01. The van der Waals surface area contributed by atoms with Crippen molar-refractivity contribution in [2.75, 3.05) is 23.3 Å². The summed E-state index contributed by atoms with van der Waals surface area (Å²) in [5.41, 5.74) is 1.80. The lowest BCUT2D eigenvalue weighted by Crippen LogP contribution is -2.36. The Morgan fingerprint density at radius 2 is 1.90 bits per heavy atom. The number of rotatable bonds is 3. The Kier molecular flexibility index (Phi) is 4.80. The summed E-state index contributed by atoms with van der Waals surface area (Å²) >= 11 is 0. The first-order chi connectivity index (χ1) is 15.0. The van der Waals surface area contributed by atoms with Gasteiger partial charge < -0.3 is 10.2 Å². The second-order valence-electron chi connectivity index (χ2n) is 8.28. The van der Waals surface area contributed by atoms with Crippen LogP contribution in [0.1, 0.15) is 55.6 Å². The number of carbonyl (C=O) groups is 1. The van der Waals surface area contributed by atoms with E-state index in [0.29, 0.717) is 41.3 Å². The Morgan fingerprint density at radius 1 is 1.10 bits per heavy atom. The van der Waals surface area contributed by atoms with E-state index in [9.17, 15) is 19.7 Å². The van der Waals surface area contributed by atoms with E-state index in [1.807, 2.05) is 0 Å². The number of anilines is 2. The van der Waals surface area contributed by atoms with Crippen LogP contribution in [0, 0.1) is 10.1 Å². The molecule has 0 spiro atoms. The molecule has 9 heteroatoms. The summed E-state index contributed by atoms with van der Waals surface area (Å²) in [5.74, 6) is 0.259. The maximum absolute atomic E-state index is 13.3. The molecule has 1 saturated heterocycles. The van der Waals surface area contributed by atoms with Gasteiger partial charge in [0, 0.05) is 48.8 Å². The quantitative estimate of drug-likeness (QED) is 0.576. The molecular formula is C22H23N5O4. The molecule has 160 valence electrons. The molecule has 2 aliphatic heterocycles. The van der Waals surface area contributed by atoms with Crippen molar-refractivity contribution in [3.8, 4) is 0 Å². The van der Waals surface area contributed by atoms with Gasteiger partial charge in [0.15, 0.2) is 5.78 Å². The number of aromatic nitrogens is 2. The highest BCUT2D eigenvalue weighted by atomic mass is 16.6. The fourth-order valence-electron chi connectivity index (χ4n) is 4.86. The summed E-state index contributed by atoms with van der Waals surface area (Å²) in [5, 5.41) is 14.6. The standard InChI is InChI=1S/C22H23N5O4/c28-16-9-5-8-15-18(16)17(13-6-4-7-14(12-13)27(30)31)19-20(23-15)24-22(25-21(19)29)26-10-2-1-3-11-26/h4,6-7,12,17H,1-3,5,8-11H2,(H2,23,24,25,29)/t17-/m1/s1. The Hall–Kier alpha value is -3.49. The van der Waals surface area contributed by atoms with Gasteiger partial charge in [-0.2, -0.15) is 4.98 Å². The van der Waals surface area contributed by atoms with Crippen molar-refractivity contribution in [3.05, 3.63) is 67.1 Å². The van der Waals surface area contributed by atoms with E-state index in [4.69, 9.17) is 4.98 Å². The van der Waals surface area contributed by atoms with E-state index in [1.54, 1.807) is 12.1 Å². The normalized spacial score (nSPS) is 20.7. The van der Waals surface area contributed by atoms with Gasteiger partial charge in [-0.15, -0.1) is 0 Å². The highest BCUT2D eigenvalue weighted by Gasteiger charge is 2.38. The lowest BCUT2D eigenvalue weighted by molar-refractivity contribution is -0.384. The summed E-state index contributed by atoms with van der Waals surface area (Å²) in [4.78, 5) is 46.8. The molecule has 2 aromatic rings. The molecule has 3 heterocycles. The van der Waals surface area contributed by atoms with Gasteiger partial charge in [-0.25, -0.2) is 0 Å². The van der Waals surface area contributed by atoms with Gasteiger partial charge in [-0.1, -0.05) is 12.1 Å². The van der Waals surface area contributed by atoms with Crippen molar-refractivity contribution in [2.24, 2.45) is 0 Å². The number of fused-ring (bicyclic) bond motifs is 1. The molecule has 9 nitrogen and oxygen atoms in total. The van der Waals surface area contributed by atoms with Crippen molar-refractivity contribution in [2.45, 2.75) is 44.4 Å². The molecule has 1 aromatic carbocycles. The van der Waals surface area contributed by atoms with Crippen LogP contribution in [0.25, 0.3) is 0 Å². The molecule has 1 atom stereocenters. The molecule has 0 saturated carbocycles. The van der Waals surface area contributed by atoms with E-state index in [2.05, 4.69) is 15.2 Å². The Morgan fingerprint density at radius 3 is 2.68 bits per heavy atom. The van der Waals surface area contributed by atoms with Crippen LogP contribution in [0.3, 0.4) is 0 Å². The van der Waals surface area contributed by atoms with E-state index in [-0.39, 0.29) is 17.0 Å². The third-order valence-electron chi connectivity index (χ3n) is 6.32. The summed E-state index contributed by atoms with van der Waals surface area (Å²) in [7, 11) is 0. The van der Waals surface area contributed by atoms with E-state index in [0.717, 1.165) is 44.5 Å². The van der Waals surface area contributed by atoms with Crippen LogP contribution in [-0.2, 0) is 4.79 Å². The van der Waals surface area contributed by atoms with Crippen molar-refractivity contribution in [3.63, 3.8) is 0 Å². The van der Waals surface area contributed by atoms with Gasteiger partial charge >= 0.3 is 0 Å². The lowest BCUT2D eigenvalue weighted by Gasteiger charge is -2.34. The number of non-ortho nitro benzene ring substituents is 1. The summed E-state index contributed by atoms with van der Waals surface area (Å²) in [6.07, 6.45) is 5.07. The molecule has 2 N–H and O–H groups in total. The number of hydrogen-bond donors (Lipinski definition) is 2. The largest absolute Gasteiger partial charge is 0.343 e. The fraction of sp³-hybridized carbons (Fsp3) is 0.409. The molecule has 0 bridgehead atoms. The van der Waals surface area contributed by atoms with Crippen LogP contribution in [0.15, 0.2) is 40.3 Å². The van der Waals surface area contributed by atoms with Gasteiger partial charge in [0.1, 0.15) is 5.82 Å². The number of carbonyl (C=O) groups excluding carboxylic acids is 1. The van der Waals surface area contributed by atoms with E-state index >= 15 is 0 Å². The maximum atomic E-state index is 13.3. The molecule has 1 aromatic heterocycles. The smallest absolute Gasteiger partial charge is 0.269 e. The summed E-state index contributed by atoms with van der Waals surface area (Å²) < 4.78 is 0. The zero-order chi connectivity index (χ0) is 21.5. The van der Waals surface area contributed by atoms with Gasteiger partial charge in [0.2, 0.25) is 5.95 Å². The molecule has 31 heavy (non-hydrogen) atoms. The number of nitro groups is 1. The van der Waals surface area contributed by atoms with E-state index < -0.39 is 10.8 Å². The number of H-pyrrole nitrogens is 1. The summed E-state index contributed by atoms with van der Waals surface area (Å²) in [6, 6.07) is 6.18. The van der Waals surface area contributed by atoms with Gasteiger partial charge in [-0.05, 0) is 37.7 Å². The first kappa shape index (κ1) is 19.5. The average Bonchev–Trinajstić information content (AvgIpc) is 2.78. The Labute approximate surface area is 178 Å². The zero-order valence-electron chi connectivity index (χ0n) is 17.0. The van der Waals surface area contributed by atoms with Crippen LogP contribution >= 0.6 is 0 Å². The number of aromatic amines is 1. The predicted octanol–water partition coefficient (Wildman–Crippen LogP) is 3.23. The first-order valence-corrected chi connectivity index (χ1v) is 10.7. The van der Waals surface area contributed by atoms with Crippen LogP contribution in [-0.4, -0.2) is 33.8 Å². The minimum absolute atomic E-state index is 0.0320. The van der Waals surface area contributed by atoms with E-state index in [1.165, 1.54) is 12.1 Å². The third kappa shape index (κ3) is 3.39. The van der Waals surface area contributed by atoms with Crippen LogP contribution in [0.5, 0.6) is 0 Å². The summed E-state index contributed by atoms with van der Waals surface area (Å²) in [6.45, 7) is 1.67. The van der Waals surface area contributed by atoms with Crippen molar-refractivity contribution < 1.29 is 9.72 Å². The number of Topliss-reactive ketones (excluding diaryl/α,β-unsaturated/α-hetero) is 1. The van der Waals surface area contributed by atoms with Crippen molar-refractivity contribution >= 4 is 23.2 Å². The predicted molar refractivity (Wildman–Crippen MR) is 115 cm³/mol. The molecule has 0 unspecified atom stereocenters. The average molecular weight is 421 g/mol. The number of ketones is 1. The number of benzene rings is 1. The van der Waals surface area contributed by atoms with Gasteiger partial charge in [0.25, 0.3) is 11.2 Å². The number of nitrogens with one attached hydrogen (secondary N) is 2. The Bertz CT molecular complexity index is 1160. The number of piperidine rings is 1. The number of hydrogen-bond acceptors (Lipinski definition) is 7. The molecule has 0 radical (unpaired) electrons. The second kappa shape index (κ2) is 7.64. The van der Waals surface area contributed by atoms with Gasteiger partial charge in [-0.3, -0.25) is 24.7 Å². The number of allylic oxidation sites excluding steroid dienone is 2. The molecule has 0 amide bonds. The van der Waals surface area contributed by atoms with Gasteiger partial charge in [0.05, 0.1) is 10.5 Å². The molecule has 3 aliphatic rings. The molecule has 1 fully saturated rings. The first-order valence-electron chi connectivity index (χ1n) is 10.7. The van der Waals surface area contributed by atoms with Crippen molar-refractivity contribution in [1.29, 1.82) is 0 Å². The van der Waals surface area contributed by atoms with Crippen LogP contribution in [0.2, 0.25) is 0 Å². The van der Waals surface area contributed by atoms with Crippen LogP contribution < -0.4 is 15.8 Å². The fourth-order valence-corrected chi connectivity index (χ4v) is 4.86.